The Bertz CT molecular complexity index is 1090. The SMILES string of the molecule is CCCC(=O)O[C@]1(C(=O)CSC(=O)OCC)[C@@H](C)C[C@H]2[C@@H]3CCC4=CC(=O)C=C[C@]4(C)[C@@]3(F)[C@@H](O)C[C@@]21C. The van der Waals surface area contributed by atoms with Gasteiger partial charge in [-0.25, -0.2) is 9.18 Å². The molecular weight excluding hydrogens is 511 g/mol. The highest BCUT2D eigenvalue weighted by atomic mass is 32.2. The van der Waals surface area contributed by atoms with Gasteiger partial charge in [-0.15, -0.1) is 0 Å². The minimum Gasteiger partial charge on any atom is -0.458 e. The van der Waals surface area contributed by atoms with Crippen LogP contribution in [0.5, 0.6) is 0 Å². The molecule has 7 nitrogen and oxygen atoms in total. The zero-order chi connectivity index (χ0) is 28.1. The summed E-state index contributed by atoms with van der Waals surface area (Å²) in [4.78, 5) is 51.1. The molecule has 0 saturated heterocycles. The smallest absolute Gasteiger partial charge is 0.367 e. The van der Waals surface area contributed by atoms with Crippen LogP contribution in [0.3, 0.4) is 0 Å². The predicted octanol–water partition coefficient (Wildman–Crippen LogP) is 5.14. The molecule has 0 heterocycles. The first-order valence-electron chi connectivity index (χ1n) is 13.7. The van der Waals surface area contributed by atoms with Gasteiger partial charge in [0, 0.05) is 29.1 Å². The third kappa shape index (κ3) is 4.02. The summed E-state index contributed by atoms with van der Waals surface area (Å²) in [5, 5.41) is 11.0. The standard InChI is InChI=1S/C29H39FO7S/c1-6-8-24(34)37-29(23(33)16-38-25(35)36-7-2)17(3)13-21-20-10-9-18-14-19(31)11-12-26(18,4)28(20,30)22(32)15-27(21,29)5/h11-12,14,17,20-22,32H,6-10,13,15-16H2,1-5H3/t17-,20-,21-,22-,26-,27-,28-,29-/m0/s1. The lowest BCUT2D eigenvalue weighted by Gasteiger charge is -2.62. The molecule has 0 aromatic heterocycles. The van der Waals surface area contributed by atoms with E-state index < -0.39 is 57.1 Å². The number of aliphatic hydroxyl groups excluding tert-OH is 1. The van der Waals surface area contributed by atoms with Crippen LogP contribution in [0.2, 0.25) is 0 Å². The van der Waals surface area contributed by atoms with Gasteiger partial charge in [-0.2, -0.15) is 0 Å². The molecule has 1 N–H and O–H groups in total. The van der Waals surface area contributed by atoms with Crippen LogP contribution in [0.15, 0.2) is 23.8 Å². The van der Waals surface area contributed by atoms with E-state index in [0.29, 0.717) is 31.3 Å². The second-order valence-corrected chi connectivity index (χ2v) is 12.7. The van der Waals surface area contributed by atoms with Crippen molar-refractivity contribution in [3.8, 4) is 0 Å². The van der Waals surface area contributed by atoms with Gasteiger partial charge in [-0.3, -0.25) is 14.4 Å². The second kappa shape index (κ2) is 10.2. The van der Waals surface area contributed by atoms with Crippen molar-refractivity contribution in [2.75, 3.05) is 12.4 Å². The number of esters is 1. The van der Waals surface area contributed by atoms with E-state index in [2.05, 4.69) is 0 Å². The molecule has 0 aromatic carbocycles. The van der Waals surface area contributed by atoms with Crippen LogP contribution in [0.25, 0.3) is 0 Å². The number of fused-ring (bicyclic) bond motifs is 5. The zero-order valence-corrected chi connectivity index (χ0v) is 23.7. The van der Waals surface area contributed by atoms with Crippen LogP contribution < -0.4 is 0 Å². The Labute approximate surface area is 228 Å². The van der Waals surface area contributed by atoms with Crippen molar-refractivity contribution < 1.29 is 38.1 Å². The predicted molar refractivity (Wildman–Crippen MR) is 141 cm³/mol. The summed E-state index contributed by atoms with van der Waals surface area (Å²) in [5.41, 5.74) is -5.18. The molecule has 8 atom stereocenters. The van der Waals surface area contributed by atoms with Crippen molar-refractivity contribution >= 4 is 34.6 Å². The maximum Gasteiger partial charge on any atom is 0.367 e. The minimum atomic E-state index is -2.05. The van der Waals surface area contributed by atoms with E-state index >= 15 is 4.39 Å². The molecule has 3 fully saturated rings. The number of hydrogen-bond donors (Lipinski definition) is 1. The molecule has 0 amide bonds. The van der Waals surface area contributed by atoms with E-state index in [4.69, 9.17) is 9.47 Å². The first-order chi connectivity index (χ1) is 17.8. The summed E-state index contributed by atoms with van der Waals surface area (Å²) < 4.78 is 28.6. The highest BCUT2D eigenvalue weighted by Crippen LogP contribution is 2.71. The third-order valence-electron chi connectivity index (χ3n) is 9.91. The number of Topliss-reactive ketones (excluding diaryl/α,β-unsaturated/α-hetero) is 1. The van der Waals surface area contributed by atoms with Crippen LogP contribution in [-0.4, -0.2) is 57.7 Å². The molecule has 0 bridgehead atoms. The van der Waals surface area contributed by atoms with E-state index in [9.17, 15) is 24.3 Å². The van der Waals surface area contributed by atoms with Crippen LogP contribution in [-0.2, 0) is 23.9 Å². The van der Waals surface area contributed by atoms with Crippen LogP contribution >= 0.6 is 11.8 Å². The molecule has 9 heteroatoms. The average Bonchev–Trinajstić information content (AvgIpc) is 3.06. The number of thioether (sulfide) groups is 1. The highest BCUT2D eigenvalue weighted by molar-refractivity contribution is 8.13. The number of allylic oxidation sites excluding steroid dienone is 4. The molecule has 0 spiro atoms. The Kier molecular flexibility index (Phi) is 7.78. The summed E-state index contributed by atoms with van der Waals surface area (Å²) in [6.07, 6.45) is 4.92. The number of ketones is 2. The van der Waals surface area contributed by atoms with Gasteiger partial charge >= 0.3 is 11.3 Å². The lowest BCUT2D eigenvalue weighted by Crippen LogP contribution is -2.70. The van der Waals surface area contributed by atoms with Crippen LogP contribution in [0, 0.1) is 28.6 Å². The summed E-state index contributed by atoms with van der Waals surface area (Å²) in [6, 6.07) is 0. The zero-order valence-electron chi connectivity index (χ0n) is 22.9. The maximum absolute atomic E-state index is 17.5. The topological polar surface area (TPSA) is 107 Å². The summed E-state index contributed by atoms with van der Waals surface area (Å²) in [7, 11) is 0. The number of alkyl halides is 1. The fraction of sp³-hybridized carbons (Fsp3) is 0.724. The lowest BCUT2D eigenvalue weighted by atomic mass is 9.44. The van der Waals surface area contributed by atoms with Gasteiger partial charge in [0.2, 0.25) is 0 Å². The van der Waals surface area contributed by atoms with E-state index in [1.807, 2.05) is 20.8 Å². The van der Waals surface area contributed by atoms with Crippen molar-refractivity contribution in [3.63, 3.8) is 0 Å². The fourth-order valence-electron chi connectivity index (χ4n) is 8.22. The quantitative estimate of drug-likeness (QED) is 0.434. The van der Waals surface area contributed by atoms with Gasteiger partial charge in [-0.05, 0) is 75.8 Å². The maximum atomic E-state index is 17.5. The molecule has 38 heavy (non-hydrogen) atoms. The molecular formula is C29H39FO7S. The van der Waals surface area contributed by atoms with Crippen molar-refractivity contribution in [1.82, 2.24) is 0 Å². The summed E-state index contributed by atoms with van der Waals surface area (Å²) in [5.74, 6) is -2.79. The second-order valence-electron chi connectivity index (χ2n) is 11.8. The average molecular weight is 551 g/mol. The Morgan fingerprint density at radius 3 is 2.58 bits per heavy atom. The van der Waals surface area contributed by atoms with E-state index in [0.717, 1.165) is 11.8 Å². The van der Waals surface area contributed by atoms with E-state index in [1.165, 1.54) is 12.2 Å². The lowest BCUT2D eigenvalue weighted by molar-refractivity contribution is -0.227. The van der Waals surface area contributed by atoms with Gasteiger partial charge in [0.25, 0.3) is 0 Å². The number of rotatable bonds is 7. The van der Waals surface area contributed by atoms with E-state index in [-0.39, 0.29) is 36.9 Å². The number of carbonyl (C=O) groups is 4. The largest absolute Gasteiger partial charge is 0.458 e. The number of hydrogen-bond acceptors (Lipinski definition) is 8. The van der Waals surface area contributed by atoms with Gasteiger partial charge in [-0.1, -0.05) is 32.4 Å². The molecule has 0 unspecified atom stereocenters. The summed E-state index contributed by atoms with van der Waals surface area (Å²) >= 11 is 0.725. The van der Waals surface area contributed by atoms with Gasteiger partial charge in [0.1, 0.15) is 0 Å². The Morgan fingerprint density at radius 2 is 1.92 bits per heavy atom. The van der Waals surface area contributed by atoms with Crippen LogP contribution in [0.1, 0.15) is 73.1 Å². The van der Waals surface area contributed by atoms with Crippen LogP contribution in [0.4, 0.5) is 9.18 Å². The number of aliphatic hydroxyl groups is 1. The Balaban J connectivity index is 1.77. The Hall–Kier alpha value is -2.00. The fourth-order valence-corrected chi connectivity index (χ4v) is 8.89. The molecule has 3 saturated carbocycles. The normalized spacial score (nSPS) is 41.4. The van der Waals surface area contributed by atoms with E-state index in [1.54, 1.807) is 19.9 Å². The van der Waals surface area contributed by atoms with Gasteiger partial charge in [0.15, 0.2) is 22.8 Å². The summed E-state index contributed by atoms with van der Waals surface area (Å²) in [6.45, 7) is 9.12. The molecule has 4 aliphatic rings. The first-order valence-corrected chi connectivity index (χ1v) is 14.7. The molecule has 4 rings (SSSR count). The van der Waals surface area contributed by atoms with Crippen molar-refractivity contribution in [2.45, 2.75) is 90.5 Å². The van der Waals surface area contributed by atoms with Crippen molar-refractivity contribution in [2.24, 2.45) is 28.6 Å². The monoisotopic (exact) mass is 550 g/mol. The highest BCUT2D eigenvalue weighted by Gasteiger charge is 2.77. The molecule has 0 radical (unpaired) electrons. The minimum absolute atomic E-state index is 0.0884. The molecule has 0 aromatic rings. The number of ether oxygens (including phenoxy) is 2. The first kappa shape index (κ1) is 29.0. The molecule has 0 aliphatic heterocycles. The molecule has 4 aliphatic carbocycles. The van der Waals surface area contributed by atoms with Crippen molar-refractivity contribution in [3.05, 3.63) is 23.8 Å². The number of carbonyl (C=O) groups excluding carboxylic acids is 4. The van der Waals surface area contributed by atoms with Crippen molar-refractivity contribution in [1.29, 1.82) is 0 Å². The molecule has 210 valence electrons. The Morgan fingerprint density at radius 1 is 1.21 bits per heavy atom. The van der Waals surface area contributed by atoms with Gasteiger partial charge in [0.05, 0.1) is 18.5 Å². The number of halogens is 1. The van der Waals surface area contributed by atoms with Gasteiger partial charge < -0.3 is 14.6 Å². The third-order valence-corrected chi connectivity index (χ3v) is 10.7.